The molecule has 1 aliphatic rings. The van der Waals surface area contributed by atoms with E-state index in [1.165, 1.54) is 13.5 Å². The van der Waals surface area contributed by atoms with Crippen molar-refractivity contribution < 1.29 is 9.63 Å². The molecule has 0 aromatic heterocycles. The van der Waals surface area contributed by atoms with Gasteiger partial charge in [-0.15, -0.1) is 23.5 Å². The van der Waals surface area contributed by atoms with Crippen LogP contribution in [0.1, 0.15) is 13.3 Å². The van der Waals surface area contributed by atoms with Crippen molar-refractivity contribution in [2.75, 3.05) is 18.6 Å². The van der Waals surface area contributed by atoms with Gasteiger partial charge in [-0.3, -0.25) is 4.84 Å². The standard InChI is InChI=1S/C8H14N2O2S2/c1-8(13-4-3-5-14-8)6-10-12-7(11)9-2/h6H,3-5H2,1-2H3,(H,9,11)/b10-6+. The molecule has 1 rings (SSSR count). The first-order chi connectivity index (χ1) is 6.66. The van der Waals surface area contributed by atoms with Gasteiger partial charge in [0.15, 0.2) is 0 Å². The molecular formula is C8H14N2O2S2. The molecule has 0 radical (unpaired) electrons. The zero-order valence-electron chi connectivity index (χ0n) is 8.28. The lowest BCUT2D eigenvalue weighted by Crippen LogP contribution is -2.23. The van der Waals surface area contributed by atoms with E-state index in [9.17, 15) is 4.79 Å². The van der Waals surface area contributed by atoms with Crippen LogP contribution in [-0.2, 0) is 4.84 Å². The van der Waals surface area contributed by atoms with Crippen molar-refractivity contribution in [2.24, 2.45) is 5.16 Å². The first kappa shape index (κ1) is 11.7. The molecule has 0 spiro atoms. The maximum atomic E-state index is 10.7. The molecule has 1 heterocycles. The molecular weight excluding hydrogens is 220 g/mol. The van der Waals surface area contributed by atoms with Gasteiger partial charge in [-0.1, -0.05) is 5.16 Å². The van der Waals surface area contributed by atoms with Gasteiger partial charge < -0.3 is 5.32 Å². The average molecular weight is 234 g/mol. The number of oxime groups is 1. The lowest BCUT2D eigenvalue weighted by Gasteiger charge is -2.27. The molecule has 80 valence electrons. The Balaban J connectivity index is 2.37. The summed E-state index contributed by atoms with van der Waals surface area (Å²) in [5.74, 6) is 2.27. The summed E-state index contributed by atoms with van der Waals surface area (Å²) in [5, 5.41) is 5.99. The summed E-state index contributed by atoms with van der Waals surface area (Å²) in [4.78, 5) is 15.2. The molecule has 0 aromatic rings. The van der Waals surface area contributed by atoms with Crippen molar-refractivity contribution >= 4 is 35.8 Å². The van der Waals surface area contributed by atoms with Crippen LogP contribution in [0.25, 0.3) is 0 Å². The van der Waals surface area contributed by atoms with E-state index in [-0.39, 0.29) is 4.08 Å². The number of nitrogens with zero attached hydrogens (tertiary/aromatic N) is 1. The number of rotatable bonds is 2. The Morgan fingerprint density at radius 3 is 2.79 bits per heavy atom. The molecule has 1 N–H and O–H groups in total. The molecule has 6 heteroatoms. The molecule has 1 fully saturated rings. The summed E-state index contributed by atoms with van der Waals surface area (Å²) in [7, 11) is 1.50. The minimum absolute atomic E-state index is 0.0493. The Hall–Kier alpha value is -0.360. The Labute approximate surface area is 92.2 Å². The highest BCUT2D eigenvalue weighted by molar-refractivity contribution is 8.19. The minimum atomic E-state index is -0.532. The van der Waals surface area contributed by atoms with Crippen molar-refractivity contribution in [3.8, 4) is 0 Å². The normalized spacial score (nSPS) is 20.7. The monoisotopic (exact) mass is 234 g/mol. The van der Waals surface area contributed by atoms with Crippen LogP contribution >= 0.6 is 23.5 Å². The van der Waals surface area contributed by atoms with Gasteiger partial charge >= 0.3 is 6.09 Å². The maximum absolute atomic E-state index is 10.7. The second kappa shape index (κ2) is 5.50. The van der Waals surface area contributed by atoms with E-state index in [1.807, 2.05) is 23.5 Å². The van der Waals surface area contributed by atoms with Crippen LogP contribution in [0.3, 0.4) is 0 Å². The molecule has 0 aliphatic carbocycles. The second-order valence-corrected chi connectivity index (χ2v) is 6.28. The number of carbonyl (C=O) groups is 1. The van der Waals surface area contributed by atoms with E-state index in [2.05, 4.69) is 22.2 Å². The largest absolute Gasteiger partial charge is 0.433 e. The Bertz CT molecular complexity index is 227. The van der Waals surface area contributed by atoms with Crippen LogP contribution in [-0.4, -0.2) is 34.9 Å². The average Bonchev–Trinajstić information content (AvgIpc) is 2.18. The van der Waals surface area contributed by atoms with Gasteiger partial charge in [-0.05, 0) is 24.9 Å². The lowest BCUT2D eigenvalue weighted by molar-refractivity contribution is 0.153. The van der Waals surface area contributed by atoms with E-state index < -0.39 is 6.09 Å². The summed E-state index contributed by atoms with van der Waals surface area (Å²) in [5.41, 5.74) is 0. The lowest BCUT2D eigenvalue weighted by atomic mass is 10.5. The van der Waals surface area contributed by atoms with Gasteiger partial charge in [0, 0.05) is 7.05 Å². The Morgan fingerprint density at radius 2 is 2.21 bits per heavy atom. The molecule has 1 amide bonds. The molecule has 0 aromatic carbocycles. The van der Waals surface area contributed by atoms with E-state index in [0.29, 0.717) is 0 Å². The number of carbonyl (C=O) groups excluding carboxylic acids is 1. The zero-order chi connectivity index (χ0) is 10.4. The van der Waals surface area contributed by atoms with Crippen molar-refractivity contribution in [1.29, 1.82) is 0 Å². The number of amides is 1. The van der Waals surface area contributed by atoms with Crippen LogP contribution < -0.4 is 5.32 Å². The van der Waals surface area contributed by atoms with Crippen LogP contribution in [0.5, 0.6) is 0 Å². The number of nitrogens with one attached hydrogen (secondary N) is 1. The summed E-state index contributed by atoms with van der Waals surface area (Å²) < 4.78 is -0.0493. The van der Waals surface area contributed by atoms with Crippen molar-refractivity contribution in [3.05, 3.63) is 0 Å². The highest BCUT2D eigenvalue weighted by atomic mass is 32.2. The molecule has 0 atom stereocenters. The highest BCUT2D eigenvalue weighted by Crippen LogP contribution is 2.40. The number of hydrogen-bond donors (Lipinski definition) is 1. The Kier molecular flexibility index (Phi) is 4.60. The van der Waals surface area contributed by atoms with Crippen LogP contribution in [0.4, 0.5) is 4.79 Å². The Morgan fingerprint density at radius 1 is 1.57 bits per heavy atom. The van der Waals surface area contributed by atoms with Crippen LogP contribution in [0, 0.1) is 0 Å². The van der Waals surface area contributed by atoms with Crippen molar-refractivity contribution in [2.45, 2.75) is 17.4 Å². The third-order valence-corrected chi connectivity index (χ3v) is 4.74. The molecule has 4 nitrogen and oxygen atoms in total. The van der Waals surface area contributed by atoms with Crippen molar-refractivity contribution in [1.82, 2.24) is 5.32 Å². The van der Waals surface area contributed by atoms with Gasteiger partial charge in [0.2, 0.25) is 0 Å². The van der Waals surface area contributed by atoms with Crippen LogP contribution in [0.15, 0.2) is 5.16 Å². The minimum Gasteiger partial charge on any atom is -0.323 e. The smallest absolute Gasteiger partial charge is 0.323 e. The number of thioether (sulfide) groups is 2. The van der Waals surface area contributed by atoms with E-state index in [1.54, 1.807) is 6.21 Å². The van der Waals surface area contributed by atoms with Gasteiger partial charge in [-0.25, -0.2) is 4.79 Å². The van der Waals surface area contributed by atoms with Gasteiger partial charge in [-0.2, -0.15) is 0 Å². The number of hydrogen-bond acceptors (Lipinski definition) is 5. The van der Waals surface area contributed by atoms with Gasteiger partial charge in [0.05, 0.1) is 10.3 Å². The molecule has 0 bridgehead atoms. The predicted octanol–water partition coefficient (Wildman–Crippen LogP) is 1.91. The van der Waals surface area contributed by atoms with Gasteiger partial charge in [0.1, 0.15) is 0 Å². The molecule has 14 heavy (non-hydrogen) atoms. The predicted molar refractivity (Wildman–Crippen MR) is 62.0 cm³/mol. The maximum Gasteiger partial charge on any atom is 0.433 e. The molecule has 0 unspecified atom stereocenters. The van der Waals surface area contributed by atoms with E-state index in [0.717, 1.165) is 11.5 Å². The van der Waals surface area contributed by atoms with Crippen molar-refractivity contribution in [3.63, 3.8) is 0 Å². The van der Waals surface area contributed by atoms with Crippen LogP contribution in [0.2, 0.25) is 0 Å². The fourth-order valence-electron chi connectivity index (χ4n) is 0.940. The molecule has 0 saturated carbocycles. The summed E-state index contributed by atoms with van der Waals surface area (Å²) >= 11 is 3.65. The first-order valence-electron chi connectivity index (χ1n) is 4.37. The topological polar surface area (TPSA) is 50.7 Å². The van der Waals surface area contributed by atoms with E-state index in [4.69, 9.17) is 0 Å². The van der Waals surface area contributed by atoms with Gasteiger partial charge in [0.25, 0.3) is 0 Å². The summed E-state index contributed by atoms with van der Waals surface area (Å²) in [6.07, 6.45) is 2.39. The third kappa shape index (κ3) is 3.79. The summed E-state index contributed by atoms with van der Waals surface area (Å²) in [6, 6.07) is 0. The SMILES string of the molecule is CNC(=O)O/N=C/C1(C)SCCCS1. The second-order valence-electron chi connectivity index (χ2n) is 2.93. The third-order valence-electron chi connectivity index (χ3n) is 1.69. The summed E-state index contributed by atoms with van der Waals surface area (Å²) in [6.45, 7) is 2.08. The molecule has 1 aliphatic heterocycles. The first-order valence-corrected chi connectivity index (χ1v) is 6.34. The fraction of sp³-hybridized carbons (Fsp3) is 0.750. The zero-order valence-corrected chi connectivity index (χ0v) is 9.91. The highest BCUT2D eigenvalue weighted by Gasteiger charge is 2.26. The fourth-order valence-corrected chi connectivity index (χ4v) is 3.58. The van der Waals surface area contributed by atoms with E-state index >= 15 is 0 Å². The molecule has 1 saturated heterocycles. The quantitative estimate of drug-likeness (QED) is 0.450.